The first kappa shape index (κ1) is 32.4. The van der Waals surface area contributed by atoms with Crippen LogP contribution in [0.5, 0.6) is 5.75 Å². The molecule has 0 radical (unpaired) electrons. The number of carbonyl (C=O) groups excluding carboxylic acids is 1. The van der Waals surface area contributed by atoms with E-state index >= 15 is 0 Å². The maximum atomic E-state index is 13.7. The molecule has 1 saturated heterocycles. The first-order valence-electron chi connectivity index (χ1n) is 13.8. The molecule has 2 aromatic carbocycles. The highest BCUT2D eigenvalue weighted by molar-refractivity contribution is 7.89. The lowest BCUT2D eigenvalue weighted by molar-refractivity contribution is -0.274. The van der Waals surface area contributed by atoms with Crippen molar-refractivity contribution < 1.29 is 44.3 Å². The molecule has 1 aliphatic carbocycles. The molecular formula is C29H22F6N6O4S2. The number of alkyl halides is 6. The molecule has 0 bridgehead atoms. The SMILES string of the molecule is O=C(NCc1ccc(OC(F)(F)F)cc1)[C@H]1CN(c2nc3nc(C4=CC=C4)ncc3s2)CCN1S(=O)(=O)c1ccc(C(F)(F)F)cc1. The molecule has 3 heterocycles. The molecule has 4 aromatic rings. The Kier molecular flexibility index (Phi) is 8.43. The predicted octanol–water partition coefficient (Wildman–Crippen LogP) is 5.15. The van der Waals surface area contributed by atoms with Crippen LogP contribution in [0.4, 0.5) is 31.5 Å². The monoisotopic (exact) mass is 696 g/mol. The van der Waals surface area contributed by atoms with Crippen LogP contribution in [-0.4, -0.2) is 65.6 Å². The molecule has 47 heavy (non-hydrogen) atoms. The van der Waals surface area contributed by atoms with Gasteiger partial charge in [-0.25, -0.2) is 18.4 Å². The summed E-state index contributed by atoms with van der Waals surface area (Å²) in [6.07, 6.45) is -2.41. The maximum absolute atomic E-state index is 13.7. The molecule has 0 unspecified atom stereocenters. The topological polar surface area (TPSA) is 118 Å². The van der Waals surface area contributed by atoms with Crippen LogP contribution in [-0.2, 0) is 27.5 Å². The molecule has 1 N–H and O–H groups in total. The normalized spacial score (nSPS) is 17.4. The second-order valence-electron chi connectivity index (χ2n) is 10.4. The number of hydrogen-bond donors (Lipinski definition) is 1. The summed E-state index contributed by atoms with van der Waals surface area (Å²) in [7, 11) is -4.46. The largest absolute Gasteiger partial charge is 0.573 e. The average molecular weight is 697 g/mol. The fraction of sp³-hybridized carbons (Fsp3) is 0.241. The minimum Gasteiger partial charge on any atom is -0.406 e. The third-order valence-corrected chi connectivity index (χ3v) is 10.2. The van der Waals surface area contributed by atoms with Gasteiger partial charge >= 0.3 is 12.5 Å². The summed E-state index contributed by atoms with van der Waals surface area (Å²) >= 11 is 1.24. The van der Waals surface area contributed by atoms with Crippen LogP contribution in [0.1, 0.15) is 17.0 Å². The Morgan fingerprint density at radius 2 is 1.70 bits per heavy atom. The minimum absolute atomic E-state index is 0.0955. The molecule has 1 atom stereocenters. The number of hydrogen-bond acceptors (Lipinski definition) is 9. The Morgan fingerprint density at radius 3 is 2.32 bits per heavy atom. The van der Waals surface area contributed by atoms with Crippen molar-refractivity contribution in [1.82, 2.24) is 24.6 Å². The Morgan fingerprint density at radius 1 is 1.00 bits per heavy atom. The number of piperazine rings is 1. The van der Waals surface area contributed by atoms with Gasteiger partial charge in [-0.05, 0) is 42.0 Å². The van der Waals surface area contributed by atoms with Crippen LogP contribution < -0.4 is 15.0 Å². The van der Waals surface area contributed by atoms with E-state index in [2.05, 4.69) is 25.0 Å². The number of amides is 1. The van der Waals surface area contributed by atoms with Crippen molar-refractivity contribution in [3.63, 3.8) is 0 Å². The number of carbonyl (C=O) groups is 1. The van der Waals surface area contributed by atoms with Crippen LogP contribution in [0.3, 0.4) is 0 Å². The number of nitrogens with one attached hydrogen (secondary N) is 1. The van der Waals surface area contributed by atoms with Crippen LogP contribution in [0, 0.1) is 0 Å². The van der Waals surface area contributed by atoms with Crippen LogP contribution in [0.25, 0.3) is 15.9 Å². The smallest absolute Gasteiger partial charge is 0.406 e. The minimum atomic E-state index is -4.88. The highest BCUT2D eigenvalue weighted by Gasteiger charge is 2.41. The number of halogens is 6. The van der Waals surface area contributed by atoms with Gasteiger partial charge in [0.25, 0.3) is 0 Å². The summed E-state index contributed by atoms with van der Waals surface area (Å²) in [5.74, 6) is -0.718. The lowest BCUT2D eigenvalue weighted by atomic mass is 10.1. The zero-order valence-corrected chi connectivity index (χ0v) is 25.4. The van der Waals surface area contributed by atoms with Gasteiger partial charge in [0.1, 0.15) is 11.8 Å². The summed E-state index contributed by atoms with van der Waals surface area (Å²) in [5.41, 5.74) is 0.612. The van der Waals surface area contributed by atoms with Gasteiger partial charge in [-0.3, -0.25) is 4.79 Å². The molecule has 10 nitrogen and oxygen atoms in total. The van der Waals surface area contributed by atoms with Crippen LogP contribution >= 0.6 is 11.3 Å². The first-order valence-corrected chi connectivity index (χ1v) is 16.0. The molecular weight excluding hydrogens is 674 g/mol. The maximum Gasteiger partial charge on any atom is 0.573 e. The second kappa shape index (κ2) is 12.2. The number of fused-ring (bicyclic) bond motifs is 1. The fourth-order valence-electron chi connectivity index (χ4n) is 4.85. The van der Waals surface area contributed by atoms with E-state index in [1.165, 1.54) is 23.5 Å². The summed E-state index contributed by atoms with van der Waals surface area (Å²) in [6.45, 7) is -0.453. The quantitative estimate of drug-likeness (QED) is 0.252. The molecule has 0 spiro atoms. The summed E-state index contributed by atoms with van der Waals surface area (Å²) in [5, 5.41) is 3.07. The number of ether oxygens (including phenoxy) is 1. The summed E-state index contributed by atoms with van der Waals surface area (Å²) in [4.78, 5) is 28.3. The van der Waals surface area contributed by atoms with Gasteiger partial charge in [-0.15, -0.1) is 13.2 Å². The highest BCUT2D eigenvalue weighted by Crippen LogP contribution is 2.33. The van der Waals surface area contributed by atoms with Gasteiger partial charge in [-0.2, -0.15) is 22.5 Å². The van der Waals surface area contributed by atoms with Gasteiger partial charge in [0.15, 0.2) is 16.6 Å². The zero-order valence-electron chi connectivity index (χ0n) is 23.8. The van der Waals surface area contributed by atoms with Gasteiger partial charge in [0, 0.05) is 31.8 Å². The van der Waals surface area contributed by atoms with Gasteiger partial charge in [0.2, 0.25) is 15.9 Å². The van der Waals surface area contributed by atoms with E-state index in [0.29, 0.717) is 39.0 Å². The molecule has 2 aliphatic rings. The second-order valence-corrected chi connectivity index (χ2v) is 13.3. The van der Waals surface area contributed by atoms with Crippen molar-refractivity contribution in [2.45, 2.75) is 30.0 Å². The molecule has 2 aromatic heterocycles. The number of allylic oxidation sites excluding steroid dienone is 4. The van der Waals surface area contributed by atoms with Crippen LogP contribution in [0.15, 0.2) is 77.9 Å². The molecule has 0 saturated carbocycles. The third kappa shape index (κ3) is 7.08. The van der Waals surface area contributed by atoms with Crippen molar-refractivity contribution >= 4 is 48.3 Å². The molecule has 18 heteroatoms. The molecule has 1 aliphatic heterocycles. The number of thiazole rings is 1. The average Bonchev–Trinajstić information content (AvgIpc) is 3.42. The van der Waals surface area contributed by atoms with Crippen molar-refractivity contribution in [2.75, 3.05) is 24.5 Å². The number of sulfonamides is 1. The predicted molar refractivity (Wildman–Crippen MR) is 159 cm³/mol. The van der Waals surface area contributed by atoms with Gasteiger partial charge < -0.3 is 15.0 Å². The number of rotatable bonds is 8. The number of anilines is 1. The molecule has 6 rings (SSSR count). The van der Waals surface area contributed by atoms with E-state index in [9.17, 15) is 39.6 Å². The van der Waals surface area contributed by atoms with E-state index in [-0.39, 0.29) is 26.2 Å². The van der Waals surface area contributed by atoms with Crippen molar-refractivity contribution in [2.24, 2.45) is 0 Å². The number of aromatic nitrogens is 3. The van der Waals surface area contributed by atoms with Crippen molar-refractivity contribution in [3.8, 4) is 5.75 Å². The Balaban J connectivity index is 1.25. The lowest BCUT2D eigenvalue weighted by Crippen LogP contribution is -2.60. The zero-order chi connectivity index (χ0) is 33.6. The summed E-state index contributed by atoms with van der Waals surface area (Å²) < 4.78 is 110. The van der Waals surface area contributed by atoms with Crippen LogP contribution in [0.2, 0.25) is 0 Å². The van der Waals surface area contributed by atoms with E-state index < -0.39 is 50.7 Å². The standard InChI is InChI=1S/C29H22F6N6O4S2/c30-28(31,32)19-6-10-21(11-7-19)47(43,44)41-13-12-40(27-39-25-23(46-27)15-36-24(38-25)18-2-1-3-18)16-22(41)26(42)37-14-17-4-8-20(9-5-17)45-29(33,34)35/h1-11,15,22H,12-14,16H2,(H,37,42)/t22-/m1/s1. The Labute approximate surface area is 267 Å². The van der Waals surface area contributed by atoms with Gasteiger partial charge in [-0.1, -0.05) is 41.7 Å². The van der Waals surface area contributed by atoms with E-state index in [4.69, 9.17) is 0 Å². The lowest BCUT2D eigenvalue weighted by Gasteiger charge is -2.39. The van der Waals surface area contributed by atoms with E-state index in [1.807, 2.05) is 18.2 Å². The number of benzene rings is 2. The third-order valence-electron chi connectivity index (χ3n) is 7.27. The fourth-order valence-corrected chi connectivity index (χ4v) is 7.33. The van der Waals surface area contributed by atoms with E-state index in [1.54, 1.807) is 11.1 Å². The van der Waals surface area contributed by atoms with Crippen molar-refractivity contribution in [3.05, 3.63) is 89.9 Å². The first-order chi connectivity index (χ1) is 22.2. The van der Waals surface area contributed by atoms with Gasteiger partial charge in [0.05, 0.1) is 21.4 Å². The Bertz CT molecular complexity index is 1980. The number of nitrogens with zero attached hydrogens (tertiary/aromatic N) is 5. The molecule has 246 valence electrons. The molecule has 1 amide bonds. The van der Waals surface area contributed by atoms with E-state index in [0.717, 1.165) is 34.1 Å². The highest BCUT2D eigenvalue weighted by atomic mass is 32.2. The van der Waals surface area contributed by atoms with Crippen molar-refractivity contribution in [1.29, 1.82) is 0 Å². The Hall–Kier alpha value is -4.55. The summed E-state index contributed by atoms with van der Waals surface area (Å²) in [6, 6.07) is 6.35. The molecule has 1 fully saturated rings.